The number of para-hydroxylation sites is 3. The molecule has 0 aromatic heterocycles. The van der Waals surface area contributed by atoms with Gasteiger partial charge in [-0.15, -0.1) is 0 Å². The van der Waals surface area contributed by atoms with Crippen LogP contribution in [0.15, 0.2) is 84.9 Å². The van der Waals surface area contributed by atoms with Crippen LogP contribution >= 0.6 is 0 Å². The van der Waals surface area contributed by atoms with Crippen molar-refractivity contribution in [1.29, 1.82) is 0 Å². The maximum absolute atomic E-state index is 13.7. The first-order valence-corrected chi connectivity index (χ1v) is 10.4. The zero-order chi connectivity index (χ0) is 21.4. The van der Waals surface area contributed by atoms with Crippen molar-refractivity contribution in [2.24, 2.45) is 5.92 Å². The first kappa shape index (κ1) is 19.3. The van der Waals surface area contributed by atoms with Crippen LogP contribution < -0.4 is 14.7 Å². The summed E-state index contributed by atoms with van der Waals surface area (Å²) < 4.78 is 5.67. The minimum Gasteiger partial charge on any atom is -0.492 e. The molecular formula is C25H22N2O4. The standard InChI is InChI=1S/C25H22N2O4/c1-2-30-20-16-10-9-15-19(20)26-24(28)21-22(17-11-5-3-6-12-17)27(31-23(21)25(26)29)18-13-7-4-8-14-18/h3-16,21-23H,2H2,1H3/t21-,22-,23-/m0/s1. The fourth-order valence-corrected chi connectivity index (χ4v) is 4.36. The average Bonchev–Trinajstić information content (AvgIpc) is 3.32. The van der Waals surface area contributed by atoms with Crippen molar-refractivity contribution < 1.29 is 19.2 Å². The summed E-state index contributed by atoms with van der Waals surface area (Å²) >= 11 is 0. The molecule has 2 amide bonds. The number of hydrogen-bond donors (Lipinski definition) is 0. The highest BCUT2D eigenvalue weighted by molar-refractivity contribution is 6.24. The lowest BCUT2D eigenvalue weighted by Crippen LogP contribution is -2.37. The smallest absolute Gasteiger partial charge is 0.266 e. The Bertz CT molecular complexity index is 1100. The van der Waals surface area contributed by atoms with E-state index >= 15 is 0 Å². The van der Waals surface area contributed by atoms with E-state index in [2.05, 4.69) is 0 Å². The summed E-state index contributed by atoms with van der Waals surface area (Å²) in [5.41, 5.74) is 2.17. The third kappa shape index (κ3) is 3.16. The normalized spacial score (nSPS) is 22.7. The highest BCUT2D eigenvalue weighted by Crippen LogP contribution is 2.48. The molecule has 0 aliphatic carbocycles. The van der Waals surface area contributed by atoms with Crippen molar-refractivity contribution in [3.05, 3.63) is 90.5 Å². The van der Waals surface area contributed by atoms with E-state index in [1.54, 1.807) is 23.3 Å². The Labute approximate surface area is 180 Å². The number of hydrogen-bond acceptors (Lipinski definition) is 5. The summed E-state index contributed by atoms with van der Waals surface area (Å²) in [5, 5.41) is 1.70. The molecule has 2 aliphatic rings. The van der Waals surface area contributed by atoms with Crippen molar-refractivity contribution >= 4 is 23.2 Å². The maximum atomic E-state index is 13.7. The van der Waals surface area contributed by atoms with E-state index in [9.17, 15) is 9.59 Å². The molecule has 3 aromatic carbocycles. The molecule has 6 heteroatoms. The molecule has 0 bridgehead atoms. The summed E-state index contributed by atoms with van der Waals surface area (Å²) in [6.07, 6.45) is -0.896. The number of benzene rings is 3. The Hall–Kier alpha value is -3.64. The average molecular weight is 414 g/mol. The second-order valence-corrected chi connectivity index (χ2v) is 7.48. The third-order valence-electron chi connectivity index (χ3n) is 5.67. The minimum atomic E-state index is -0.896. The molecule has 0 N–H and O–H groups in total. The molecule has 6 nitrogen and oxygen atoms in total. The molecular weight excluding hydrogens is 392 g/mol. The van der Waals surface area contributed by atoms with Gasteiger partial charge in [0.1, 0.15) is 11.7 Å². The third-order valence-corrected chi connectivity index (χ3v) is 5.67. The highest BCUT2D eigenvalue weighted by atomic mass is 16.7. The number of rotatable bonds is 5. The van der Waals surface area contributed by atoms with Gasteiger partial charge >= 0.3 is 0 Å². The van der Waals surface area contributed by atoms with Crippen LogP contribution in [-0.2, 0) is 14.4 Å². The van der Waals surface area contributed by atoms with Gasteiger partial charge in [-0.2, -0.15) is 0 Å². The van der Waals surface area contributed by atoms with Crippen LogP contribution in [-0.4, -0.2) is 24.5 Å². The van der Waals surface area contributed by atoms with Gasteiger partial charge in [-0.25, -0.2) is 9.96 Å². The quantitative estimate of drug-likeness (QED) is 0.588. The van der Waals surface area contributed by atoms with Gasteiger partial charge in [-0.05, 0) is 36.8 Å². The van der Waals surface area contributed by atoms with Gasteiger partial charge < -0.3 is 4.74 Å². The second kappa shape index (κ2) is 7.89. The highest BCUT2D eigenvalue weighted by Gasteiger charge is 2.60. The van der Waals surface area contributed by atoms with E-state index in [4.69, 9.17) is 9.57 Å². The molecule has 5 rings (SSSR count). The number of anilines is 2. The van der Waals surface area contributed by atoms with Gasteiger partial charge in [0.05, 0.1) is 24.0 Å². The first-order valence-electron chi connectivity index (χ1n) is 10.4. The van der Waals surface area contributed by atoms with Gasteiger partial charge in [-0.1, -0.05) is 60.7 Å². The predicted octanol–water partition coefficient (Wildman–Crippen LogP) is 4.14. The summed E-state index contributed by atoms with van der Waals surface area (Å²) in [6, 6.07) is 25.9. The molecule has 31 heavy (non-hydrogen) atoms. The summed E-state index contributed by atoms with van der Waals surface area (Å²) in [7, 11) is 0. The molecule has 2 aliphatic heterocycles. The van der Waals surface area contributed by atoms with Crippen molar-refractivity contribution in [2.45, 2.75) is 19.1 Å². The van der Waals surface area contributed by atoms with Gasteiger partial charge in [0.25, 0.3) is 5.91 Å². The lowest BCUT2D eigenvalue weighted by molar-refractivity contribution is -0.126. The maximum Gasteiger partial charge on any atom is 0.266 e. The lowest BCUT2D eigenvalue weighted by Gasteiger charge is -2.29. The Kier molecular flexibility index (Phi) is 4.92. The fraction of sp³-hybridized carbons (Fsp3) is 0.200. The molecule has 2 fully saturated rings. The SMILES string of the molecule is CCOc1ccccc1N1C(=O)[C@@H]2[C@H](ON(c3ccccc3)[C@H]2c2ccccc2)C1=O. The number of nitrogens with zero attached hydrogens (tertiary/aromatic N) is 2. The number of carbonyl (C=O) groups is 2. The molecule has 0 spiro atoms. The molecule has 3 aromatic rings. The van der Waals surface area contributed by atoms with E-state index < -0.39 is 18.1 Å². The van der Waals surface area contributed by atoms with Crippen LogP contribution in [0.25, 0.3) is 0 Å². The number of ether oxygens (including phenoxy) is 1. The molecule has 0 radical (unpaired) electrons. The zero-order valence-electron chi connectivity index (χ0n) is 17.0. The molecule has 156 valence electrons. The molecule has 0 unspecified atom stereocenters. The number of carbonyl (C=O) groups excluding carboxylic acids is 2. The van der Waals surface area contributed by atoms with E-state index in [0.717, 1.165) is 11.3 Å². The van der Waals surface area contributed by atoms with Crippen LogP contribution in [0.5, 0.6) is 5.75 Å². The van der Waals surface area contributed by atoms with E-state index in [-0.39, 0.29) is 11.8 Å². The van der Waals surface area contributed by atoms with Gasteiger partial charge in [0.15, 0.2) is 6.10 Å². The van der Waals surface area contributed by atoms with Crippen molar-refractivity contribution in [3.8, 4) is 5.75 Å². The number of hydroxylamine groups is 1. The van der Waals surface area contributed by atoms with E-state index in [1.807, 2.05) is 73.7 Å². The largest absolute Gasteiger partial charge is 0.492 e. The predicted molar refractivity (Wildman–Crippen MR) is 117 cm³/mol. The molecule has 3 atom stereocenters. The van der Waals surface area contributed by atoms with Gasteiger partial charge in [0.2, 0.25) is 5.91 Å². The van der Waals surface area contributed by atoms with Gasteiger partial charge in [-0.3, -0.25) is 14.4 Å². The zero-order valence-corrected chi connectivity index (χ0v) is 17.0. The van der Waals surface area contributed by atoms with Crippen molar-refractivity contribution in [3.63, 3.8) is 0 Å². The Morgan fingerprint density at radius 2 is 1.48 bits per heavy atom. The number of imide groups is 1. The summed E-state index contributed by atoms with van der Waals surface area (Å²) in [4.78, 5) is 34.4. The second-order valence-electron chi connectivity index (χ2n) is 7.48. The Balaban J connectivity index is 1.58. The van der Waals surface area contributed by atoms with Gasteiger partial charge in [0, 0.05) is 0 Å². The number of amides is 2. The molecule has 0 saturated carbocycles. The van der Waals surface area contributed by atoms with Crippen LogP contribution in [0.1, 0.15) is 18.5 Å². The fourth-order valence-electron chi connectivity index (χ4n) is 4.36. The summed E-state index contributed by atoms with van der Waals surface area (Å²) in [6.45, 7) is 2.30. The van der Waals surface area contributed by atoms with Crippen LogP contribution in [0.3, 0.4) is 0 Å². The van der Waals surface area contributed by atoms with Crippen molar-refractivity contribution in [1.82, 2.24) is 0 Å². The molecule has 2 heterocycles. The monoisotopic (exact) mass is 414 g/mol. The first-order chi connectivity index (χ1) is 15.2. The Morgan fingerprint density at radius 3 is 2.19 bits per heavy atom. The summed E-state index contributed by atoms with van der Waals surface area (Å²) in [5.74, 6) is -0.816. The topological polar surface area (TPSA) is 59.1 Å². The lowest BCUT2D eigenvalue weighted by atomic mass is 9.90. The Morgan fingerprint density at radius 1 is 0.839 bits per heavy atom. The van der Waals surface area contributed by atoms with Crippen LogP contribution in [0.2, 0.25) is 0 Å². The van der Waals surface area contributed by atoms with E-state index in [1.165, 1.54) is 4.90 Å². The van der Waals surface area contributed by atoms with E-state index in [0.29, 0.717) is 18.0 Å². The molecule has 2 saturated heterocycles. The van der Waals surface area contributed by atoms with Crippen LogP contribution in [0, 0.1) is 5.92 Å². The van der Waals surface area contributed by atoms with Crippen molar-refractivity contribution in [2.75, 3.05) is 16.6 Å². The number of fused-ring (bicyclic) bond motifs is 1. The minimum absolute atomic E-state index is 0.283. The van der Waals surface area contributed by atoms with Crippen LogP contribution in [0.4, 0.5) is 11.4 Å².